The van der Waals surface area contributed by atoms with E-state index in [0.29, 0.717) is 5.15 Å². The van der Waals surface area contributed by atoms with Gasteiger partial charge >= 0.3 is 7.12 Å². The average molecular weight is 306 g/mol. The molecule has 0 unspecified atom stereocenters. The van der Waals surface area contributed by atoms with Gasteiger partial charge in [0.15, 0.2) is 5.15 Å². The third-order valence-corrected chi connectivity index (χ3v) is 4.41. The molecule has 2 aromatic rings. The van der Waals surface area contributed by atoms with Crippen molar-refractivity contribution in [1.29, 1.82) is 0 Å². The fraction of sp³-hybridized carbons (Fsp3) is 0.429. The lowest BCUT2D eigenvalue weighted by Gasteiger charge is -2.32. The predicted octanol–water partition coefficient (Wildman–Crippen LogP) is 2.22. The van der Waals surface area contributed by atoms with Gasteiger partial charge in [-0.2, -0.15) is 5.10 Å². The van der Waals surface area contributed by atoms with Gasteiger partial charge < -0.3 is 9.31 Å². The van der Waals surface area contributed by atoms with Gasteiger partial charge in [-0.15, -0.1) is 0 Å². The van der Waals surface area contributed by atoms with Gasteiger partial charge in [0.1, 0.15) is 5.69 Å². The van der Waals surface area contributed by atoms with Crippen molar-refractivity contribution in [3.8, 4) is 5.69 Å². The maximum absolute atomic E-state index is 6.08. The second kappa shape index (κ2) is 4.83. The summed E-state index contributed by atoms with van der Waals surface area (Å²) in [6.07, 6.45) is 5.22. The fourth-order valence-electron chi connectivity index (χ4n) is 2.12. The lowest BCUT2D eigenvalue weighted by atomic mass is 9.82. The third kappa shape index (κ3) is 2.48. The van der Waals surface area contributed by atoms with Crippen LogP contribution >= 0.6 is 11.6 Å². The Morgan fingerprint density at radius 3 is 2.48 bits per heavy atom. The summed E-state index contributed by atoms with van der Waals surface area (Å²) in [5, 5.41) is 4.72. The van der Waals surface area contributed by atoms with Crippen LogP contribution in [0.15, 0.2) is 30.7 Å². The highest BCUT2D eigenvalue weighted by atomic mass is 35.5. The molecule has 7 heteroatoms. The van der Waals surface area contributed by atoms with E-state index in [2.05, 4.69) is 10.1 Å². The second-order valence-corrected chi connectivity index (χ2v) is 6.48. The monoisotopic (exact) mass is 305 g/mol. The minimum absolute atomic E-state index is 0.369. The van der Waals surface area contributed by atoms with E-state index in [1.807, 2.05) is 46.0 Å². The van der Waals surface area contributed by atoms with Crippen LogP contribution in [0.4, 0.5) is 0 Å². The minimum atomic E-state index is -0.431. The van der Waals surface area contributed by atoms with Gasteiger partial charge in [-0.1, -0.05) is 11.6 Å². The van der Waals surface area contributed by atoms with E-state index in [1.165, 1.54) is 0 Å². The third-order valence-electron chi connectivity index (χ3n) is 4.11. The number of nitrogens with zero attached hydrogens (tertiary/aromatic N) is 3. The molecule has 5 nitrogen and oxygen atoms in total. The molecule has 0 aromatic carbocycles. The van der Waals surface area contributed by atoms with E-state index < -0.39 is 7.12 Å². The molecule has 0 spiro atoms. The van der Waals surface area contributed by atoms with Gasteiger partial charge in [0, 0.05) is 24.1 Å². The molecule has 21 heavy (non-hydrogen) atoms. The first-order valence-electron chi connectivity index (χ1n) is 6.81. The van der Waals surface area contributed by atoms with Crippen molar-refractivity contribution < 1.29 is 9.31 Å². The lowest BCUT2D eigenvalue weighted by molar-refractivity contribution is 0.00578. The van der Waals surface area contributed by atoms with Gasteiger partial charge in [-0.05, 0) is 39.8 Å². The molecule has 0 bridgehead atoms. The van der Waals surface area contributed by atoms with Gasteiger partial charge in [0.05, 0.1) is 11.2 Å². The summed E-state index contributed by atoms with van der Waals surface area (Å²) >= 11 is 6.08. The number of hydrogen-bond donors (Lipinski definition) is 0. The Kier molecular flexibility index (Phi) is 3.35. The van der Waals surface area contributed by atoms with Crippen molar-refractivity contribution in [2.75, 3.05) is 0 Å². The van der Waals surface area contributed by atoms with Crippen molar-refractivity contribution in [1.82, 2.24) is 14.8 Å². The van der Waals surface area contributed by atoms with Gasteiger partial charge in [-0.25, -0.2) is 9.67 Å². The van der Waals surface area contributed by atoms with Crippen LogP contribution in [0.3, 0.4) is 0 Å². The summed E-state index contributed by atoms with van der Waals surface area (Å²) in [7, 11) is -0.431. The zero-order chi connectivity index (χ0) is 15.3. The summed E-state index contributed by atoms with van der Waals surface area (Å²) in [6, 6.07) is 3.67. The molecule has 0 N–H and O–H groups in total. The molecular weight excluding hydrogens is 288 g/mol. The van der Waals surface area contributed by atoms with Crippen molar-refractivity contribution in [3.63, 3.8) is 0 Å². The number of pyridine rings is 1. The van der Waals surface area contributed by atoms with E-state index in [-0.39, 0.29) is 11.2 Å². The molecule has 1 saturated heterocycles. The van der Waals surface area contributed by atoms with Crippen LogP contribution in [0.1, 0.15) is 27.7 Å². The van der Waals surface area contributed by atoms with Crippen molar-refractivity contribution >= 4 is 24.2 Å². The van der Waals surface area contributed by atoms with Crippen LogP contribution in [0.5, 0.6) is 0 Å². The van der Waals surface area contributed by atoms with Crippen LogP contribution in [-0.2, 0) is 9.31 Å². The van der Waals surface area contributed by atoms with E-state index in [1.54, 1.807) is 17.1 Å². The maximum Gasteiger partial charge on any atom is 0.498 e. The van der Waals surface area contributed by atoms with E-state index in [0.717, 1.165) is 11.2 Å². The molecule has 3 rings (SSSR count). The average Bonchev–Trinajstić information content (AvgIpc) is 2.94. The van der Waals surface area contributed by atoms with Crippen LogP contribution in [0.25, 0.3) is 5.69 Å². The number of halogens is 1. The standard InChI is InChI=1S/C14H17BClN3O2/c1-13(2)14(3,4)21-15(20-13)10-8-18-19(9-10)11-6-5-7-17-12(11)16/h5-9H,1-4H3. The molecule has 0 amide bonds. The van der Waals surface area contributed by atoms with Crippen molar-refractivity contribution in [3.05, 3.63) is 35.9 Å². The summed E-state index contributed by atoms with van der Waals surface area (Å²) < 4.78 is 13.7. The zero-order valence-electron chi connectivity index (χ0n) is 12.5. The molecule has 2 aromatic heterocycles. The SMILES string of the molecule is CC1(C)OB(c2cnn(-c3cccnc3Cl)c2)OC1(C)C. The zero-order valence-corrected chi connectivity index (χ0v) is 13.3. The number of rotatable bonds is 2. The van der Waals surface area contributed by atoms with Crippen molar-refractivity contribution in [2.24, 2.45) is 0 Å². The summed E-state index contributed by atoms with van der Waals surface area (Å²) in [6.45, 7) is 8.09. The molecule has 0 saturated carbocycles. The Bertz CT molecular complexity index is 656. The molecule has 3 heterocycles. The van der Waals surface area contributed by atoms with Crippen LogP contribution in [0.2, 0.25) is 5.15 Å². The molecule has 1 aliphatic rings. The molecule has 1 fully saturated rings. The Labute approximate surface area is 129 Å². The summed E-state index contributed by atoms with van der Waals surface area (Å²) in [4.78, 5) is 4.05. The topological polar surface area (TPSA) is 49.2 Å². The Morgan fingerprint density at radius 2 is 1.86 bits per heavy atom. The first kappa shape index (κ1) is 14.6. The number of aromatic nitrogens is 3. The number of hydrogen-bond acceptors (Lipinski definition) is 4. The molecule has 110 valence electrons. The molecule has 0 radical (unpaired) electrons. The van der Waals surface area contributed by atoms with Crippen LogP contribution in [0, 0.1) is 0 Å². The summed E-state index contributed by atoms with van der Waals surface area (Å²) in [5.74, 6) is 0. The highest BCUT2D eigenvalue weighted by Crippen LogP contribution is 2.36. The predicted molar refractivity (Wildman–Crippen MR) is 82.1 cm³/mol. The Balaban J connectivity index is 1.89. The second-order valence-electron chi connectivity index (χ2n) is 6.12. The quantitative estimate of drug-likeness (QED) is 0.630. The highest BCUT2D eigenvalue weighted by molar-refractivity contribution is 6.62. The Morgan fingerprint density at radius 1 is 1.19 bits per heavy atom. The summed E-state index contributed by atoms with van der Waals surface area (Å²) in [5.41, 5.74) is 0.841. The smallest absolute Gasteiger partial charge is 0.399 e. The first-order chi connectivity index (χ1) is 9.80. The highest BCUT2D eigenvalue weighted by Gasteiger charge is 2.52. The molecule has 1 aliphatic heterocycles. The molecule has 0 aliphatic carbocycles. The van der Waals surface area contributed by atoms with Gasteiger partial charge in [-0.3, -0.25) is 0 Å². The van der Waals surface area contributed by atoms with Crippen LogP contribution in [-0.4, -0.2) is 33.1 Å². The van der Waals surface area contributed by atoms with E-state index >= 15 is 0 Å². The first-order valence-corrected chi connectivity index (χ1v) is 7.19. The van der Waals surface area contributed by atoms with E-state index in [9.17, 15) is 0 Å². The van der Waals surface area contributed by atoms with Gasteiger partial charge in [0.2, 0.25) is 0 Å². The Hall–Kier alpha value is -1.37. The largest absolute Gasteiger partial charge is 0.498 e. The normalized spacial score (nSPS) is 20.0. The maximum atomic E-state index is 6.08. The minimum Gasteiger partial charge on any atom is -0.399 e. The molecular formula is C14H17BClN3O2. The van der Waals surface area contributed by atoms with Crippen LogP contribution < -0.4 is 5.46 Å². The van der Waals surface area contributed by atoms with Crippen molar-refractivity contribution in [2.45, 2.75) is 38.9 Å². The van der Waals surface area contributed by atoms with E-state index in [4.69, 9.17) is 20.9 Å². The lowest BCUT2D eigenvalue weighted by Crippen LogP contribution is -2.41. The molecule has 0 atom stereocenters. The fourth-order valence-corrected chi connectivity index (χ4v) is 2.32. The van der Waals surface area contributed by atoms with Gasteiger partial charge in [0.25, 0.3) is 0 Å².